The number of aromatic nitrogens is 3. The number of nitrogens with zero attached hydrogens (tertiary/aromatic N) is 4. The quantitative estimate of drug-likeness (QED) is 0.534. The van der Waals surface area contributed by atoms with Crippen LogP contribution in [0.3, 0.4) is 0 Å². The molecule has 2 heterocycles. The lowest BCUT2D eigenvalue weighted by molar-refractivity contribution is 0.0784. The monoisotopic (exact) mass is 384 g/mol. The number of para-hydroxylation sites is 1. The van der Waals surface area contributed by atoms with Crippen molar-refractivity contribution in [3.63, 3.8) is 0 Å². The Morgan fingerprint density at radius 2 is 2.04 bits per heavy atom. The summed E-state index contributed by atoms with van der Waals surface area (Å²) in [4.78, 5) is 18.5. The Hall–Kier alpha value is -3.13. The number of carbonyl (C=O) groups is 1. The summed E-state index contributed by atoms with van der Waals surface area (Å²) in [7, 11) is 1.56. The Labute approximate surface area is 157 Å². The largest absolute Gasteiger partial charge is 0.337 e. The molecule has 8 heteroatoms. The topological polar surface area (TPSA) is 51.0 Å². The van der Waals surface area contributed by atoms with E-state index in [1.165, 1.54) is 34.6 Å². The average molecular weight is 384 g/mol. The fraction of sp³-hybridized carbons (Fsp3) is 0.105. The van der Waals surface area contributed by atoms with Crippen LogP contribution in [-0.2, 0) is 6.54 Å². The average Bonchev–Trinajstić information content (AvgIpc) is 3.29. The van der Waals surface area contributed by atoms with Crippen molar-refractivity contribution < 1.29 is 13.6 Å². The van der Waals surface area contributed by atoms with E-state index in [4.69, 9.17) is 0 Å². The zero-order valence-electron chi connectivity index (χ0n) is 14.3. The fourth-order valence-corrected chi connectivity index (χ4v) is 3.59. The van der Waals surface area contributed by atoms with Gasteiger partial charge in [0.15, 0.2) is 0 Å². The number of rotatable bonds is 4. The molecule has 136 valence electrons. The van der Waals surface area contributed by atoms with Gasteiger partial charge in [0.05, 0.1) is 22.0 Å². The molecule has 0 saturated carbocycles. The van der Waals surface area contributed by atoms with Gasteiger partial charge in [-0.05, 0) is 18.2 Å². The molecule has 0 radical (unpaired) electrons. The van der Waals surface area contributed by atoms with Gasteiger partial charge in [0.2, 0.25) is 5.13 Å². The third-order valence-electron chi connectivity index (χ3n) is 4.08. The fourth-order valence-electron chi connectivity index (χ4n) is 2.69. The van der Waals surface area contributed by atoms with Crippen molar-refractivity contribution in [1.29, 1.82) is 0 Å². The summed E-state index contributed by atoms with van der Waals surface area (Å²) in [6, 6.07) is 11.0. The van der Waals surface area contributed by atoms with Crippen molar-refractivity contribution in [3.8, 4) is 5.13 Å². The summed E-state index contributed by atoms with van der Waals surface area (Å²) >= 11 is 1.47. The van der Waals surface area contributed by atoms with Gasteiger partial charge in [-0.25, -0.2) is 18.4 Å². The Balaban J connectivity index is 1.54. The predicted molar refractivity (Wildman–Crippen MR) is 98.9 cm³/mol. The summed E-state index contributed by atoms with van der Waals surface area (Å²) in [5.74, 6) is -1.65. The Bertz CT molecular complexity index is 1100. The second kappa shape index (κ2) is 6.88. The first kappa shape index (κ1) is 17.3. The van der Waals surface area contributed by atoms with E-state index in [1.54, 1.807) is 17.9 Å². The summed E-state index contributed by atoms with van der Waals surface area (Å²) in [5.41, 5.74) is 1.47. The van der Waals surface area contributed by atoms with Crippen molar-refractivity contribution in [3.05, 3.63) is 77.6 Å². The maximum absolute atomic E-state index is 13.8. The van der Waals surface area contributed by atoms with Gasteiger partial charge < -0.3 is 4.90 Å². The van der Waals surface area contributed by atoms with E-state index >= 15 is 0 Å². The molecule has 0 bridgehead atoms. The third kappa shape index (κ3) is 3.43. The lowest BCUT2D eigenvalue weighted by atomic mass is 10.2. The molecule has 27 heavy (non-hydrogen) atoms. The highest BCUT2D eigenvalue weighted by Gasteiger charge is 2.17. The molecular formula is C19H14F2N4OS. The minimum Gasteiger partial charge on any atom is -0.337 e. The zero-order valence-corrected chi connectivity index (χ0v) is 15.1. The molecule has 0 atom stereocenters. The molecule has 1 amide bonds. The van der Waals surface area contributed by atoms with Crippen LogP contribution < -0.4 is 0 Å². The lowest BCUT2D eigenvalue weighted by Crippen LogP contribution is -2.26. The molecule has 2 aromatic carbocycles. The van der Waals surface area contributed by atoms with Crippen LogP contribution in [0.5, 0.6) is 0 Å². The van der Waals surface area contributed by atoms with Crippen LogP contribution >= 0.6 is 11.3 Å². The lowest BCUT2D eigenvalue weighted by Gasteiger charge is -2.16. The summed E-state index contributed by atoms with van der Waals surface area (Å²) in [5, 5.41) is 4.87. The van der Waals surface area contributed by atoms with E-state index in [-0.39, 0.29) is 18.0 Å². The van der Waals surface area contributed by atoms with E-state index in [1.807, 2.05) is 24.3 Å². The molecular weight excluding hydrogens is 370 g/mol. The molecule has 0 saturated heterocycles. The van der Waals surface area contributed by atoms with Gasteiger partial charge in [0.1, 0.15) is 11.6 Å². The van der Waals surface area contributed by atoms with Gasteiger partial charge >= 0.3 is 0 Å². The highest BCUT2D eigenvalue weighted by molar-refractivity contribution is 7.20. The van der Waals surface area contributed by atoms with E-state index in [9.17, 15) is 13.6 Å². The standard InChI is InChI=1S/C19H14F2N4OS/c1-24(10-12-6-7-14(20)8-15(12)21)18(26)13-9-22-25(11-13)19-23-16-4-2-3-5-17(16)27-19/h2-9,11H,10H2,1H3. The minimum absolute atomic E-state index is 0.0251. The van der Waals surface area contributed by atoms with Crippen LogP contribution in [0, 0.1) is 11.6 Å². The molecule has 5 nitrogen and oxygen atoms in total. The first-order valence-electron chi connectivity index (χ1n) is 8.11. The molecule has 0 unspecified atom stereocenters. The second-order valence-electron chi connectivity index (χ2n) is 6.03. The Morgan fingerprint density at radius 1 is 1.22 bits per heavy atom. The van der Waals surface area contributed by atoms with E-state index < -0.39 is 11.6 Å². The number of carbonyl (C=O) groups excluding carboxylic acids is 1. The van der Waals surface area contributed by atoms with Gasteiger partial charge in [-0.3, -0.25) is 4.79 Å². The van der Waals surface area contributed by atoms with Crippen LogP contribution in [0.4, 0.5) is 8.78 Å². The summed E-state index contributed by atoms with van der Waals surface area (Å²) < 4.78 is 29.4. The van der Waals surface area contributed by atoms with Crippen LogP contribution in [0.2, 0.25) is 0 Å². The number of hydrogen-bond acceptors (Lipinski definition) is 4. The van der Waals surface area contributed by atoms with Gasteiger partial charge in [-0.1, -0.05) is 29.5 Å². The molecule has 4 aromatic rings. The van der Waals surface area contributed by atoms with Crippen LogP contribution in [0.15, 0.2) is 54.9 Å². The number of halogens is 2. The van der Waals surface area contributed by atoms with Gasteiger partial charge in [-0.15, -0.1) is 0 Å². The van der Waals surface area contributed by atoms with Crippen molar-refractivity contribution >= 4 is 27.5 Å². The molecule has 0 aliphatic rings. The van der Waals surface area contributed by atoms with Gasteiger partial charge in [0.25, 0.3) is 5.91 Å². The maximum atomic E-state index is 13.8. The second-order valence-corrected chi connectivity index (χ2v) is 7.04. The molecule has 0 spiro atoms. The number of thiazole rings is 1. The number of fused-ring (bicyclic) bond motifs is 1. The molecule has 0 N–H and O–H groups in total. The van der Waals surface area contributed by atoms with Crippen molar-refractivity contribution in [2.75, 3.05) is 7.05 Å². The molecule has 0 fully saturated rings. The minimum atomic E-state index is -0.681. The first-order valence-corrected chi connectivity index (χ1v) is 8.93. The molecule has 4 rings (SSSR count). The van der Waals surface area contributed by atoms with Crippen molar-refractivity contribution in [1.82, 2.24) is 19.7 Å². The number of benzene rings is 2. The van der Waals surface area contributed by atoms with Crippen molar-refractivity contribution in [2.24, 2.45) is 0 Å². The van der Waals surface area contributed by atoms with Crippen molar-refractivity contribution in [2.45, 2.75) is 6.54 Å². The number of hydrogen-bond donors (Lipinski definition) is 0. The third-order valence-corrected chi connectivity index (χ3v) is 5.10. The van der Waals surface area contributed by atoms with Crippen LogP contribution in [-0.4, -0.2) is 32.6 Å². The molecule has 2 aromatic heterocycles. The first-order chi connectivity index (χ1) is 13.0. The summed E-state index contributed by atoms with van der Waals surface area (Å²) in [6.07, 6.45) is 3.05. The summed E-state index contributed by atoms with van der Waals surface area (Å²) in [6.45, 7) is 0.0251. The van der Waals surface area contributed by atoms with E-state index in [0.717, 1.165) is 16.3 Å². The zero-order chi connectivity index (χ0) is 19.0. The molecule has 0 aliphatic carbocycles. The smallest absolute Gasteiger partial charge is 0.257 e. The normalized spacial score (nSPS) is 11.1. The highest BCUT2D eigenvalue weighted by Crippen LogP contribution is 2.24. The van der Waals surface area contributed by atoms with Crippen LogP contribution in [0.25, 0.3) is 15.3 Å². The Kier molecular flexibility index (Phi) is 4.41. The Morgan fingerprint density at radius 3 is 2.81 bits per heavy atom. The highest BCUT2D eigenvalue weighted by atomic mass is 32.1. The molecule has 0 aliphatic heterocycles. The van der Waals surface area contributed by atoms with Gasteiger partial charge in [0, 0.05) is 31.4 Å². The van der Waals surface area contributed by atoms with Gasteiger partial charge in [-0.2, -0.15) is 5.10 Å². The van der Waals surface area contributed by atoms with Crippen LogP contribution in [0.1, 0.15) is 15.9 Å². The predicted octanol–water partition coefficient (Wildman–Crippen LogP) is 4.03. The SMILES string of the molecule is CN(Cc1ccc(F)cc1F)C(=O)c1cnn(-c2nc3ccccc3s2)c1. The number of amides is 1. The maximum Gasteiger partial charge on any atom is 0.257 e. The van der Waals surface area contributed by atoms with E-state index in [0.29, 0.717) is 10.7 Å². The van der Waals surface area contributed by atoms with E-state index in [2.05, 4.69) is 10.1 Å².